The molecule has 168 valence electrons. The van der Waals surface area contributed by atoms with Gasteiger partial charge in [-0.3, -0.25) is 9.36 Å². The van der Waals surface area contributed by atoms with Gasteiger partial charge in [0.2, 0.25) is 0 Å². The molecule has 0 aliphatic heterocycles. The molecule has 1 atom stereocenters. The number of amides is 1. The molecule has 1 N–H and O–H groups in total. The first kappa shape index (κ1) is 22.9. The summed E-state index contributed by atoms with van der Waals surface area (Å²) in [4.78, 5) is 26.2. The van der Waals surface area contributed by atoms with Gasteiger partial charge in [-0.25, -0.2) is 4.79 Å². The molecule has 4 aromatic rings. The Bertz CT molecular complexity index is 1380. The third-order valence-electron chi connectivity index (χ3n) is 5.53. The molecule has 4 rings (SSSR count). The Morgan fingerprint density at radius 3 is 2.30 bits per heavy atom. The summed E-state index contributed by atoms with van der Waals surface area (Å²) in [5, 5.41) is 4.61. The highest BCUT2D eigenvalue weighted by Crippen LogP contribution is 2.31. The standard InChI is InChI=1S/C26H22Cl2N2O3/c1-3-23(17-9-5-4-6-10-17)29-26(32)33-24-16(2)30(18-13-14-21(27)22(28)15-18)25(31)20-12-8-7-11-19(20)24/h4-15,23H,3H2,1-2H3,(H,29,32)/t23-/m0/s1. The number of nitrogens with one attached hydrogen (secondary N) is 1. The van der Waals surface area contributed by atoms with Crippen LogP contribution in [0.4, 0.5) is 4.79 Å². The van der Waals surface area contributed by atoms with E-state index in [2.05, 4.69) is 5.32 Å². The van der Waals surface area contributed by atoms with Gasteiger partial charge < -0.3 is 10.1 Å². The smallest absolute Gasteiger partial charge is 0.408 e. The SMILES string of the molecule is CC[C@H](NC(=O)Oc1c(C)n(-c2ccc(Cl)c(Cl)c2)c(=O)c2ccccc12)c1ccccc1. The first-order valence-electron chi connectivity index (χ1n) is 10.5. The lowest BCUT2D eigenvalue weighted by molar-refractivity contribution is 0.195. The number of ether oxygens (including phenoxy) is 1. The minimum atomic E-state index is -0.599. The zero-order chi connectivity index (χ0) is 23.5. The topological polar surface area (TPSA) is 60.3 Å². The number of nitrogens with zero attached hydrogens (tertiary/aromatic N) is 1. The third-order valence-corrected chi connectivity index (χ3v) is 6.27. The first-order valence-corrected chi connectivity index (χ1v) is 11.3. The number of aromatic nitrogens is 1. The van der Waals surface area contributed by atoms with Crippen LogP contribution in [0.2, 0.25) is 10.0 Å². The van der Waals surface area contributed by atoms with E-state index in [1.165, 1.54) is 4.57 Å². The summed E-state index contributed by atoms with van der Waals surface area (Å²) in [6.07, 6.45) is 0.0972. The monoisotopic (exact) mass is 480 g/mol. The van der Waals surface area contributed by atoms with Crippen molar-refractivity contribution in [3.8, 4) is 11.4 Å². The Hall–Kier alpha value is -3.28. The lowest BCUT2D eigenvalue weighted by atomic mass is 10.1. The Balaban J connectivity index is 1.78. The molecule has 0 unspecified atom stereocenters. The molecular formula is C26H22Cl2N2O3. The van der Waals surface area contributed by atoms with E-state index in [-0.39, 0.29) is 11.6 Å². The fourth-order valence-electron chi connectivity index (χ4n) is 3.87. The highest BCUT2D eigenvalue weighted by atomic mass is 35.5. The van der Waals surface area contributed by atoms with Gasteiger partial charge in [0.15, 0.2) is 5.75 Å². The maximum absolute atomic E-state index is 13.3. The van der Waals surface area contributed by atoms with Gasteiger partial charge >= 0.3 is 6.09 Å². The average molecular weight is 481 g/mol. The second kappa shape index (κ2) is 9.69. The molecule has 7 heteroatoms. The Morgan fingerprint density at radius 1 is 0.970 bits per heavy atom. The van der Waals surface area contributed by atoms with Crippen molar-refractivity contribution in [2.24, 2.45) is 0 Å². The number of hydrogen-bond acceptors (Lipinski definition) is 3. The van der Waals surface area contributed by atoms with Crippen molar-refractivity contribution in [2.45, 2.75) is 26.3 Å². The molecule has 0 aliphatic rings. The van der Waals surface area contributed by atoms with E-state index in [0.717, 1.165) is 5.56 Å². The van der Waals surface area contributed by atoms with Gasteiger partial charge in [-0.05, 0) is 43.2 Å². The molecule has 0 aliphatic carbocycles. The summed E-state index contributed by atoms with van der Waals surface area (Å²) in [5.41, 5.74) is 1.74. The van der Waals surface area contributed by atoms with Crippen LogP contribution in [0.25, 0.3) is 16.5 Å². The van der Waals surface area contributed by atoms with Crippen LogP contribution in [0.1, 0.15) is 30.6 Å². The minimum absolute atomic E-state index is 0.203. The van der Waals surface area contributed by atoms with Crippen LogP contribution in [0.3, 0.4) is 0 Å². The van der Waals surface area contributed by atoms with Crippen LogP contribution in [0.15, 0.2) is 77.6 Å². The zero-order valence-corrected chi connectivity index (χ0v) is 19.7. The second-order valence-corrected chi connectivity index (χ2v) is 8.42. The number of benzene rings is 3. The van der Waals surface area contributed by atoms with Gasteiger partial charge in [-0.1, -0.05) is 78.7 Å². The normalized spacial score (nSPS) is 11.9. The molecule has 1 aromatic heterocycles. The summed E-state index contributed by atoms with van der Waals surface area (Å²) in [5.74, 6) is 0.302. The number of pyridine rings is 1. The molecule has 33 heavy (non-hydrogen) atoms. The summed E-state index contributed by atoms with van der Waals surface area (Å²) >= 11 is 12.3. The molecule has 0 bridgehead atoms. The van der Waals surface area contributed by atoms with Crippen molar-refractivity contribution < 1.29 is 9.53 Å². The van der Waals surface area contributed by atoms with Crippen LogP contribution in [-0.2, 0) is 0 Å². The van der Waals surface area contributed by atoms with Gasteiger partial charge in [-0.15, -0.1) is 0 Å². The van der Waals surface area contributed by atoms with Crippen LogP contribution < -0.4 is 15.6 Å². The predicted octanol–water partition coefficient (Wildman–Crippen LogP) is 6.85. The molecule has 0 saturated carbocycles. The molecular weight excluding hydrogens is 459 g/mol. The van der Waals surface area contributed by atoms with Crippen molar-refractivity contribution in [3.63, 3.8) is 0 Å². The fourth-order valence-corrected chi connectivity index (χ4v) is 4.16. The van der Waals surface area contributed by atoms with Gasteiger partial charge in [0.25, 0.3) is 5.56 Å². The Labute approximate surface area is 201 Å². The lowest BCUT2D eigenvalue weighted by Gasteiger charge is -2.20. The van der Waals surface area contributed by atoms with Crippen LogP contribution >= 0.6 is 23.2 Å². The molecule has 0 spiro atoms. The van der Waals surface area contributed by atoms with Crippen molar-refractivity contribution >= 4 is 40.1 Å². The van der Waals surface area contributed by atoms with Gasteiger partial charge in [0.1, 0.15) is 0 Å². The fraction of sp³-hybridized carbons (Fsp3) is 0.154. The number of rotatable bonds is 5. The number of fused-ring (bicyclic) bond motifs is 1. The zero-order valence-electron chi connectivity index (χ0n) is 18.1. The molecule has 0 radical (unpaired) electrons. The van der Waals surface area contributed by atoms with E-state index in [9.17, 15) is 9.59 Å². The van der Waals surface area contributed by atoms with E-state index in [1.807, 2.05) is 37.3 Å². The predicted molar refractivity (Wildman–Crippen MR) is 133 cm³/mol. The van der Waals surface area contributed by atoms with Crippen LogP contribution in [0.5, 0.6) is 5.75 Å². The van der Waals surface area contributed by atoms with Gasteiger partial charge in [0.05, 0.1) is 32.9 Å². The van der Waals surface area contributed by atoms with Crippen LogP contribution in [-0.4, -0.2) is 10.7 Å². The minimum Gasteiger partial charge on any atom is -0.408 e. The molecule has 0 fully saturated rings. The summed E-state index contributed by atoms with van der Waals surface area (Å²) < 4.78 is 7.29. The largest absolute Gasteiger partial charge is 0.413 e. The van der Waals surface area contributed by atoms with Gasteiger partial charge in [0, 0.05) is 5.39 Å². The van der Waals surface area contributed by atoms with E-state index in [0.29, 0.717) is 44.4 Å². The average Bonchev–Trinajstić information content (AvgIpc) is 2.83. The van der Waals surface area contributed by atoms with Crippen molar-refractivity contribution in [1.29, 1.82) is 0 Å². The van der Waals surface area contributed by atoms with E-state index in [1.54, 1.807) is 49.4 Å². The number of hydrogen-bond donors (Lipinski definition) is 1. The van der Waals surface area contributed by atoms with Crippen molar-refractivity contribution in [2.75, 3.05) is 0 Å². The number of carbonyl (C=O) groups is 1. The van der Waals surface area contributed by atoms with E-state index < -0.39 is 6.09 Å². The Kier molecular flexibility index (Phi) is 6.72. The first-order chi connectivity index (χ1) is 15.9. The Morgan fingerprint density at radius 2 is 1.64 bits per heavy atom. The molecule has 0 saturated heterocycles. The number of halogens is 2. The second-order valence-electron chi connectivity index (χ2n) is 7.60. The highest BCUT2D eigenvalue weighted by Gasteiger charge is 2.20. The maximum Gasteiger partial charge on any atom is 0.413 e. The van der Waals surface area contributed by atoms with Gasteiger partial charge in [-0.2, -0.15) is 0 Å². The summed E-state index contributed by atoms with van der Waals surface area (Å²) in [7, 11) is 0. The summed E-state index contributed by atoms with van der Waals surface area (Å²) in [6, 6.07) is 21.5. The summed E-state index contributed by atoms with van der Waals surface area (Å²) in [6.45, 7) is 3.72. The van der Waals surface area contributed by atoms with E-state index in [4.69, 9.17) is 27.9 Å². The van der Waals surface area contributed by atoms with Crippen LogP contribution in [0, 0.1) is 6.92 Å². The van der Waals surface area contributed by atoms with Crippen molar-refractivity contribution in [3.05, 3.63) is 104 Å². The van der Waals surface area contributed by atoms with Crippen molar-refractivity contribution in [1.82, 2.24) is 9.88 Å². The highest BCUT2D eigenvalue weighted by molar-refractivity contribution is 6.42. The molecule has 1 amide bonds. The lowest BCUT2D eigenvalue weighted by Crippen LogP contribution is -2.32. The third kappa shape index (κ3) is 4.61. The quantitative estimate of drug-likeness (QED) is 0.339. The number of carbonyl (C=O) groups excluding carboxylic acids is 1. The molecule has 5 nitrogen and oxygen atoms in total. The molecule has 3 aromatic carbocycles. The van der Waals surface area contributed by atoms with E-state index >= 15 is 0 Å². The molecule has 1 heterocycles. The maximum atomic E-state index is 13.3.